The highest BCUT2D eigenvalue weighted by atomic mass is 19.4. The molecule has 3 aromatic rings. The Morgan fingerprint density at radius 1 is 0.909 bits per heavy atom. The number of benzene rings is 2. The fraction of sp³-hybridized carbons (Fsp3) is 0.167. The normalized spacial score (nSPS) is 18.1. The van der Waals surface area contributed by atoms with Crippen LogP contribution in [0.5, 0.6) is 0 Å². The molecule has 0 aliphatic carbocycles. The summed E-state index contributed by atoms with van der Waals surface area (Å²) in [4.78, 5) is 27.0. The summed E-state index contributed by atoms with van der Waals surface area (Å²) in [6.45, 7) is 3.54. The molecule has 6 nitrogen and oxygen atoms in total. The molecule has 0 bridgehead atoms. The van der Waals surface area contributed by atoms with Crippen molar-refractivity contribution in [2.24, 2.45) is 0 Å². The molecule has 1 atom stereocenters. The minimum atomic E-state index is -4.55. The van der Waals surface area contributed by atoms with E-state index in [0.29, 0.717) is 11.3 Å². The van der Waals surface area contributed by atoms with Crippen molar-refractivity contribution in [2.75, 3.05) is 4.90 Å². The first-order valence-corrected chi connectivity index (χ1v) is 9.93. The Labute approximate surface area is 187 Å². The predicted octanol–water partition coefficient (Wildman–Crippen LogP) is 4.74. The van der Waals surface area contributed by atoms with Crippen LogP contribution in [0, 0.1) is 13.8 Å². The molecule has 9 heteroatoms. The number of aromatic nitrogens is 2. The first-order chi connectivity index (χ1) is 15.6. The SMILES string of the molecule is Cc1ccc(/C(O)=C2/C(=O)C(=O)N(c3ccc(C)nn3)C2c2ccc(C(F)(F)F)cc2)cc1. The van der Waals surface area contributed by atoms with Gasteiger partial charge in [0.2, 0.25) is 0 Å². The number of hydrogen-bond acceptors (Lipinski definition) is 5. The number of alkyl halides is 3. The topological polar surface area (TPSA) is 83.4 Å². The first-order valence-electron chi connectivity index (χ1n) is 9.93. The summed E-state index contributed by atoms with van der Waals surface area (Å²) in [5.41, 5.74) is 0.869. The Kier molecular flexibility index (Phi) is 5.49. The average molecular weight is 453 g/mol. The van der Waals surface area contributed by atoms with Gasteiger partial charge in [0.15, 0.2) is 5.82 Å². The summed E-state index contributed by atoms with van der Waals surface area (Å²) in [6, 6.07) is 12.6. The lowest BCUT2D eigenvalue weighted by Gasteiger charge is -2.24. The van der Waals surface area contributed by atoms with Gasteiger partial charge in [-0.1, -0.05) is 42.0 Å². The number of amides is 1. The van der Waals surface area contributed by atoms with E-state index in [1.54, 1.807) is 37.3 Å². The summed E-state index contributed by atoms with van der Waals surface area (Å²) >= 11 is 0. The van der Waals surface area contributed by atoms with Crippen LogP contribution >= 0.6 is 0 Å². The molecule has 4 rings (SSSR count). The van der Waals surface area contributed by atoms with Crippen LogP contribution in [-0.2, 0) is 15.8 Å². The summed E-state index contributed by atoms with van der Waals surface area (Å²) < 4.78 is 39.2. The van der Waals surface area contributed by atoms with Gasteiger partial charge in [0.05, 0.1) is 22.9 Å². The van der Waals surface area contributed by atoms with Crippen LogP contribution < -0.4 is 4.90 Å². The third-order valence-electron chi connectivity index (χ3n) is 5.35. The number of carbonyl (C=O) groups excluding carboxylic acids is 2. The fourth-order valence-corrected chi connectivity index (χ4v) is 3.63. The Hall–Kier alpha value is -4.01. The van der Waals surface area contributed by atoms with E-state index in [1.807, 2.05) is 6.92 Å². The second kappa shape index (κ2) is 8.16. The average Bonchev–Trinajstić information content (AvgIpc) is 3.04. The van der Waals surface area contributed by atoms with Gasteiger partial charge in [-0.2, -0.15) is 18.3 Å². The van der Waals surface area contributed by atoms with Crippen molar-refractivity contribution in [3.05, 3.63) is 94.2 Å². The van der Waals surface area contributed by atoms with Gasteiger partial charge >= 0.3 is 12.1 Å². The van der Waals surface area contributed by atoms with E-state index in [2.05, 4.69) is 10.2 Å². The molecule has 0 saturated carbocycles. The number of aryl methyl sites for hydroxylation is 2. The number of anilines is 1. The van der Waals surface area contributed by atoms with Crippen molar-refractivity contribution < 1.29 is 27.9 Å². The molecular weight excluding hydrogens is 435 g/mol. The molecule has 1 unspecified atom stereocenters. The van der Waals surface area contributed by atoms with Crippen LogP contribution in [0.2, 0.25) is 0 Å². The standard InChI is InChI=1S/C24H18F3N3O3/c1-13-3-6-16(7-4-13)21(31)19-20(15-8-10-17(11-9-15)24(25,26)27)30(23(33)22(19)32)18-12-5-14(2)28-29-18/h3-12,20,31H,1-2H3/b21-19-. The van der Waals surface area contributed by atoms with E-state index >= 15 is 0 Å². The zero-order valence-corrected chi connectivity index (χ0v) is 17.6. The molecule has 2 aromatic carbocycles. The fourth-order valence-electron chi connectivity index (χ4n) is 3.63. The largest absolute Gasteiger partial charge is 0.507 e. The molecule has 1 aliphatic rings. The van der Waals surface area contributed by atoms with Gasteiger partial charge in [-0.25, -0.2) is 0 Å². The summed E-state index contributed by atoms with van der Waals surface area (Å²) in [6.07, 6.45) is -4.55. The van der Waals surface area contributed by atoms with Crippen LogP contribution in [0.25, 0.3) is 5.76 Å². The lowest BCUT2D eigenvalue weighted by Crippen LogP contribution is -2.30. The van der Waals surface area contributed by atoms with Gasteiger partial charge < -0.3 is 5.11 Å². The molecule has 2 heterocycles. The molecule has 1 N–H and O–H groups in total. The van der Waals surface area contributed by atoms with Gasteiger partial charge in [-0.05, 0) is 43.7 Å². The maximum atomic E-state index is 13.1. The Morgan fingerprint density at radius 3 is 2.09 bits per heavy atom. The number of hydrogen-bond donors (Lipinski definition) is 1. The number of nitrogens with zero attached hydrogens (tertiary/aromatic N) is 3. The zero-order chi connectivity index (χ0) is 23.9. The summed E-state index contributed by atoms with van der Waals surface area (Å²) in [7, 11) is 0. The monoisotopic (exact) mass is 453 g/mol. The Morgan fingerprint density at radius 2 is 1.55 bits per heavy atom. The highest BCUT2D eigenvalue weighted by Gasteiger charge is 2.47. The second-order valence-electron chi connectivity index (χ2n) is 7.69. The van der Waals surface area contributed by atoms with Crippen LogP contribution in [0.4, 0.5) is 19.0 Å². The molecule has 1 aromatic heterocycles. The number of carbonyl (C=O) groups is 2. The lowest BCUT2D eigenvalue weighted by molar-refractivity contribution is -0.137. The van der Waals surface area contributed by atoms with Gasteiger partial charge in [0.25, 0.3) is 5.78 Å². The van der Waals surface area contributed by atoms with Crippen LogP contribution in [-0.4, -0.2) is 27.0 Å². The van der Waals surface area contributed by atoms with Crippen LogP contribution in [0.1, 0.15) is 34.0 Å². The molecule has 1 aliphatic heterocycles. The molecule has 1 amide bonds. The third-order valence-corrected chi connectivity index (χ3v) is 5.35. The maximum Gasteiger partial charge on any atom is 0.416 e. The number of halogens is 3. The molecule has 1 saturated heterocycles. The number of rotatable bonds is 3. The van der Waals surface area contributed by atoms with Crippen LogP contribution in [0.3, 0.4) is 0 Å². The summed E-state index contributed by atoms with van der Waals surface area (Å²) in [5.74, 6) is -2.33. The van der Waals surface area contributed by atoms with E-state index in [4.69, 9.17) is 0 Å². The van der Waals surface area contributed by atoms with Gasteiger partial charge in [0, 0.05) is 5.56 Å². The van der Waals surface area contributed by atoms with Crippen LogP contribution in [0.15, 0.2) is 66.2 Å². The minimum absolute atomic E-state index is 0.0376. The van der Waals surface area contributed by atoms with E-state index < -0.39 is 35.2 Å². The number of Topliss-reactive ketones (excluding diaryl/α,β-unsaturated/α-hetero) is 1. The maximum absolute atomic E-state index is 13.1. The second-order valence-corrected chi connectivity index (χ2v) is 7.69. The third kappa shape index (κ3) is 4.09. The van der Waals surface area contributed by atoms with Gasteiger partial charge in [-0.3, -0.25) is 14.5 Å². The Bertz CT molecular complexity index is 1250. The van der Waals surface area contributed by atoms with E-state index in [0.717, 1.165) is 22.6 Å². The van der Waals surface area contributed by atoms with E-state index in [-0.39, 0.29) is 17.0 Å². The molecule has 33 heavy (non-hydrogen) atoms. The van der Waals surface area contributed by atoms with Crippen molar-refractivity contribution >= 4 is 23.3 Å². The predicted molar refractivity (Wildman–Crippen MR) is 114 cm³/mol. The molecule has 1 fully saturated rings. The Balaban J connectivity index is 1.91. The summed E-state index contributed by atoms with van der Waals surface area (Å²) in [5, 5.41) is 18.9. The molecule has 0 spiro atoms. The number of aliphatic hydroxyl groups is 1. The van der Waals surface area contributed by atoms with Gasteiger partial charge in [-0.15, -0.1) is 5.10 Å². The minimum Gasteiger partial charge on any atom is -0.507 e. The quantitative estimate of drug-likeness (QED) is 0.352. The van der Waals surface area contributed by atoms with E-state index in [9.17, 15) is 27.9 Å². The van der Waals surface area contributed by atoms with E-state index in [1.165, 1.54) is 18.2 Å². The molecule has 0 radical (unpaired) electrons. The first kappa shape index (κ1) is 22.2. The highest BCUT2D eigenvalue weighted by Crippen LogP contribution is 2.42. The van der Waals surface area contributed by atoms with Gasteiger partial charge in [0.1, 0.15) is 5.76 Å². The molecule has 168 valence electrons. The van der Waals surface area contributed by atoms with Crippen molar-refractivity contribution in [3.8, 4) is 0 Å². The highest BCUT2D eigenvalue weighted by molar-refractivity contribution is 6.51. The molecular formula is C24H18F3N3O3. The van der Waals surface area contributed by atoms with Crippen molar-refractivity contribution in [2.45, 2.75) is 26.1 Å². The lowest BCUT2D eigenvalue weighted by atomic mass is 9.94. The van der Waals surface area contributed by atoms with Crippen molar-refractivity contribution in [1.29, 1.82) is 0 Å². The number of aliphatic hydroxyl groups excluding tert-OH is 1. The zero-order valence-electron chi connectivity index (χ0n) is 17.6. The van der Waals surface area contributed by atoms with Crippen molar-refractivity contribution in [1.82, 2.24) is 10.2 Å². The van der Waals surface area contributed by atoms with Crippen molar-refractivity contribution in [3.63, 3.8) is 0 Å². The number of ketones is 1. The smallest absolute Gasteiger partial charge is 0.416 e.